The number of nitrogen functional groups attached to an aromatic ring is 1. The fourth-order valence-electron chi connectivity index (χ4n) is 3.48. The molecule has 9 heteroatoms. The molecule has 1 aromatic rings. The number of unbranched alkanes of at least 4 members (excludes halogenated alkanes) is 2. The molecule has 30 heavy (non-hydrogen) atoms. The predicted octanol–water partition coefficient (Wildman–Crippen LogP) is 0.743. The Bertz CT molecular complexity index is 731. The molecule has 2 heterocycles. The van der Waals surface area contributed by atoms with Gasteiger partial charge in [0.15, 0.2) is 6.23 Å². The van der Waals surface area contributed by atoms with Gasteiger partial charge in [0.1, 0.15) is 24.1 Å². The SMILES string of the molecule is CCCCN(CCC=Cc1cn([C@@H]2O[C@H](CO)C(O)C2O)c(=O)nc1N)CCCC. The van der Waals surface area contributed by atoms with Gasteiger partial charge in [-0.1, -0.05) is 38.8 Å². The molecule has 4 atom stereocenters. The van der Waals surface area contributed by atoms with Crippen molar-refractivity contribution >= 4 is 11.9 Å². The summed E-state index contributed by atoms with van der Waals surface area (Å²) in [5.41, 5.74) is 5.74. The van der Waals surface area contributed by atoms with Crippen molar-refractivity contribution < 1.29 is 20.1 Å². The lowest BCUT2D eigenvalue weighted by Gasteiger charge is -2.21. The topological polar surface area (TPSA) is 134 Å². The summed E-state index contributed by atoms with van der Waals surface area (Å²) in [6.07, 6.45) is 6.04. The van der Waals surface area contributed by atoms with Crippen LogP contribution in [0.25, 0.3) is 6.08 Å². The Kier molecular flexibility index (Phi) is 9.93. The summed E-state index contributed by atoms with van der Waals surface area (Å²) < 4.78 is 6.54. The highest BCUT2D eigenvalue weighted by atomic mass is 16.6. The first-order valence-corrected chi connectivity index (χ1v) is 10.8. The van der Waals surface area contributed by atoms with E-state index in [4.69, 9.17) is 10.5 Å². The lowest BCUT2D eigenvalue weighted by molar-refractivity contribution is -0.0549. The molecule has 170 valence electrons. The van der Waals surface area contributed by atoms with Crippen LogP contribution in [0.5, 0.6) is 0 Å². The molecule has 0 bridgehead atoms. The summed E-state index contributed by atoms with van der Waals surface area (Å²) in [6.45, 7) is 7.03. The number of aromatic nitrogens is 2. The van der Waals surface area contributed by atoms with E-state index in [9.17, 15) is 20.1 Å². The number of ether oxygens (including phenoxy) is 1. The third-order valence-corrected chi connectivity index (χ3v) is 5.37. The first-order valence-electron chi connectivity index (χ1n) is 10.8. The predicted molar refractivity (Wildman–Crippen MR) is 116 cm³/mol. The molecule has 5 N–H and O–H groups in total. The third kappa shape index (κ3) is 6.36. The van der Waals surface area contributed by atoms with Gasteiger partial charge < -0.3 is 30.7 Å². The Morgan fingerprint density at radius 1 is 1.20 bits per heavy atom. The molecular formula is C21H36N4O5. The van der Waals surface area contributed by atoms with E-state index in [1.807, 2.05) is 6.08 Å². The van der Waals surface area contributed by atoms with Crippen molar-refractivity contribution in [2.75, 3.05) is 32.0 Å². The van der Waals surface area contributed by atoms with Crippen LogP contribution in [-0.4, -0.2) is 74.3 Å². The summed E-state index contributed by atoms with van der Waals surface area (Å²) in [7, 11) is 0. The van der Waals surface area contributed by atoms with Gasteiger partial charge in [-0.25, -0.2) is 4.79 Å². The second-order valence-electron chi connectivity index (χ2n) is 7.74. The second kappa shape index (κ2) is 12.2. The summed E-state index contributed by atoms with van der Waals surface area (Å²) in [5, 5.41) is 29.4. The highest BCUT2D eigenvalue weighted by Gasteiger charge is 2.43. The van der Waals surface area contributed by atoms with E-state index >= 15 is 0 Å². The van der Waals surface area contributed by atoms with Crippen LogP contribution in [0, 0.1) is 0 Å². The molecule has 0 spiro atoms. The van der Waals surface area contributed by atoms with E-state index in [1.54, 1.807) is 6.08 Å². The zero-order chi connectivity index (χ0) is 22.1. The van der Waals surface area contributed by atoms with Gasteiger partial charge in [-0.2, -0.15) is 4.98 Å². The Morgan fingerprint density at radius 3 is 2.43 bits per heavy atom. The van der Waals surface area contributed by atoms with E-state index in [2.05, 4.69) is 23.7 Å². The van der Waals surface area contributed by atoms with Crippen LogP contribution in [0.3, 0.4) is 0 Å². The van der Waals surface area contributed by atoms with Crippen LogP contribution in [-0.2, 0) is 4.74 Å². The fraction of sp³-hybridized carbons (Fsp3) is 0.714. The van der Waals surface area contributed by atoms with Gasteiger partial charge >= 0.3 is 5.69 Å². The minimum Gasteiger partial charge on any atom is -0.394 e. The minimum atomic E-state index is -1.35. The van der Waals surface area contributed by atoms with Gasteiger partial charge in [-0.15, -0.1) is 0 Å². The Morgan fingerprint density at radius 2 is 1.87 bits per heavy atom. The van der Waals surface area contributed by atoms with Gasteiger partial charge in [0.05, 0.1) is 6.61 Å². The molecule has 0 amide bonds. The van der Waals surface area contributed by atoms with Crippen molar-refractivity contribution in [3.63, 3.8) is 0 Å². The second-order valence-corrected chi connectivity index (χ2v) is 7.74. The van der Waals surface area contributed by atoms with E-state index < -0.39 is 36.8 Å². The molecule has 2 rings (SSSR count). The van der Waals surface area contributed by atoms with Crippen molar-refractivity contribution in [1.82, 2.24) is 14.5 Å². The van der Waals surface area contributed by atoms with E-state index in [0.29, 0.717) is 5.56 Å². The molecule has 0 aromatic carbocycles. The van der Waals surface area contributed by atoms with Crippen LogP contribution < -0.4 is 11.4 Å². The van der Waals surface area contributed by atoms with E-state index in [1.165, 1.54) is 31.9 Å². The zero-order valence-electron chi connectivity index (χ0n) is 18.0. The van der Waals surface area contributed by atoms with Crippen molar-refractivity contribution in [3.8, 4) is 0 Å². The monoisotopic (exact) mass is 424 g/mol. The van der Waals surface area contributed by atoms with Gasteiger partial charge in [0, 0.05) is 18.3 Å². The average molecular weight is 425 g/mol. The number of hydrogen-bond donors (Lipinski definition) is 4. The van der Waals surface area contributed by atoms with Gasteiger partial charge in [-0.05, 0) is 32.4 Å². The number of nitrogens with two attached hydrogens (primary N) is 1. The van der Waals surface area contributed by atoms with Crippen LogP contribution in [0.15, 0.2) is 17.1 Å². The summed E-state index contributed by atoms with van der Waals surface area (Å²) >= 11 is 0. The largest absolute Gasteiger partial charge is 0.394 e. The van der Waals surface area contributed by atoms with Crippen molar-refractivity contribution in [2.45, 2.75) is 70.5 Å². The first kappa shape index (κ1) is 24.5. The minimum absolute atomic E-state index is 0.0908. The maximum absolute atomic E-state index is 12.3. The zero-order valence-corrected chi connectivity index (χ0v) is 18.0. The van der Waals surface area contributed by atoms with Gasteiger partial charge in [0.25, 0.3) is 0 Å². The third-order valence-electron chi connectivity index (χ3n) is 5.37. The number of rotatable bonds is 12. The molecule has 1 aliphatic heterocycles. The number of nitrogens with zero attached hydrogens (tertiary/aromatic N) is 3. The number of aliphatic hydroxyl groups excluding tert-OH is 3. The molecule has 0 saturated carbocycles. The van der Waals surface area contributed by atoms with Crippen LogP contribution in [0.4, 0.5) is 5.82 Å². The number of anilines is 1. The van der Waals surface area contributed by atoms with Crippen LogP contribution >= 0.6 is 0 Å². The van der Waals surface area contributed by atoms with E-state index in [0.717, 1.165) is 30.6 Å². The van der Waals surface area contributed by atoms with Crippen molar-refractivity contribution in [3.05, 3.63) is 28.3 Å². The molecule has 0 radical (unpaired) electrons. The Balaban J connectivity index is 2.07. The molecule has 1 saturated heterocycles. The molecule has 2 unspecified atom stereocenters. The standard InChI is InChI=1S/C21H36N4O5/c1-3-5-10-24(11-6-4-2)12-8-7-9-15-13-25(21(29)23-19(15)22)20-18(28)17(27)16(14-26)30-20/h7,9,13,16-18,20,26-28H,3-6,8,10-12,14H2,1-2H3,(H2,22,23,29)/t16-,17?,18?,20-/m1/s1. The Hall–Kier alpha value is -1.78. The summed E-state index contributed by atoms with van der Waals surface area (Å²) in [6, 6.07) is 0. The maximum atomic E-state index is 12.3. The normalized spacial score (nSPS) is 24.3. The van der Waals surface area contributed by atoms with Crippen LogP contribution in [0.1, 0.15) is 57.7 Å². The molecule has 0 aliphatic carbocycles. The average Bonchev–Trinajstić information content (AvgIpc) is 3.02. The molecular weight excluding hydrogens is 388 g/mol. The Labute approximate surface area is 177 Å². The van der Waals surface area contributed by atoms with Gasteiger partial charge in [-0.3, -0.25) is 4.57 Å². The molecule has 1 aromatic heterocycles. The van der Waals surface area contributed by atoms with E-state index in [-0.39, 0.29) is 5.82 Å². The quantitative estimate of drug-likeness (QED) is 0.386. The lowest BCUT2D eigenvalue weighted by Crippen LogP contribution is -2.36. The molecule has 9 nitrogen and oxygen atoms in total. The summed E-state index contributed by atoms with van der Waals surface area (Å²) in [4.78, 5) is 18.5. The lowest BCUT2D eigenvalue weighted by atomic mass is 10.1. The van der Waals surface area contributed by atoms with Crippen molar-refractivity contribution in [2.24, 2.45) is 0 Å². The van der Waals surface area contributed by atoms with Crippen molar-refractivity contribution in [1.29, 1.82) is 0 Å². The number of hydrogen-bond acceptors (Lipinski definition) is 8. The fourth-order valence-corrected chi connectivity index (χ4v) is 3.48. The summed E-state index contributed by atoms with van der Waals surface area (Å²) in [5.74, 6) is 0.0908. The van der Waals surface area contributed by atoms with Gasteiger partial charge in [0.2, 0.25) is 0 Å². The highest BCUT2D eigenvalue weighted by Crippen LogP contribution is 2.28. The highest BCUT2D eigenvalue weighted by molar-refractivity contribution is 5.59. The molecule has 1 aliphatic rings. The maximum Gasteiger partial charge on any atom is 0.351 e. The number of aliphatic hydroxyl groups is 3. The molecule has 1 fully saturated rings. The first-order chi connectivity index (χ1) is 14.4. The smallest absolute Gasteiger partial charge is 0.351 e. The van der Waals surface area contributed by atoms with Crippen LogP contribution in [0.2, 0.25) is 0 Å².